The number of anilines is 2. The Kier molecular flexibility index (Phi) is 7.53. The highest BCUT2D eigenvalue weighted by Gasteiger charge is 2.19. The molecule has 10 nitrogen and oxygen atoms in total. The molecule has 0 saturated carbocycles. The van der Waals surface area contributed by atoms with Crippen LogP contribution in [0.15, 0.2) is 53.7 Å². The summed E-state index contributed by atoms with van der Waals surface area (Å²) in [6.45, 7) is 1.34. The van der Waals surface area contributed by atoms with E-state index in [1.54, 1.807) is 60.3 Å². The molecular weight excluding hydrogens is 444 g/mol. The summed E-state index contributed by atoms with van der Waals surface area (Å²) >= 11 is 1.26. The Labute approximate surface area is 195 Å². The average molecular weight is 469 g/mol. The van der Waals surface area contributed by atoms with Crippen molar-refractivity contribution in [3.63, 3.8) is 0 Å². The van der Waals surface area contributed by atoms with Crippen molar-refractivity contribution in [1.82, 2.24) is 20.2 Å². The Morgan fingerprint density at radius 1 is 1.12 bits per heavy atom. The summed E-state index contributed by atoms with van der Waals surface area (Å²) < 4.78 is 12.4. The van der Waals surface area contributed by atoms with Gasteiger partial charge in [-0.2, -0.15) is 0 Å². The average Bonchev–Trinajstić information content (AvgIpc) is 3.51. The van der Waals surface area contributed by atoms with E-state index >= 15 is 0 Å². The molecule has 1 aliphatic rings. The maximum atomic E-state index is 12.4. The molecular formula is C22H24N6O4S. The highest BCUT2D eigenvalue weighted by atomic mass is 32.2. The van der Waals surface area contributed by atoms with Crippen LogP contribution in [0.1, 0.15) is 23.2 Å². The molecule has 33 heavy (non-hydrogen) atoms. The van der Waals surface area contributed by atoms with Crippen LogP contribution in [0.5, 0.6) is 5.75 Å². The van der Waals surface area contributed by atoms with Crippen LogP contribution >= 0.6 is 11.8 Å². The fraction of sp³-hybridized carbons (Fsp3) is 0.318. The minimum Gasteiger partial charge on any atom is -0.497 e. The lowest BCUT2D eigenvalue weighted by Gasteiger charge is -2.10. The van der Waals surface area contributed by atoms with E-state index < -0.39 is 0 Å². The number of benzene rings is 2. The van der Waals surface area contributed by atoms with Crippen molar-refractivity contribution in [3.05, 3.63) is 54.1 Å². The number of methoxy groups -OCH3 is 1. The highest BCUT2D eigenvalue weighted by Crippen LogP contribution is 2.20. The van der Waals surface area contributed by atoms with Crippen LogP contribution in [0.25, 0.3) is 0 Å². The normalized spacial score (nSPS) is 15.2. The molecule has 0 radical (unpaired) electrons. The first-order valence-electron chi connectivity index (χ1n) is 10.5. The molecule has 11 heteroatoms. The summed E-state index contributed by atoms with van der Waals surface area (Å²) in [4.78, 5) is 24.8. The Bertz CT molecular complexity index is 1080. The summed E-state index contributed by atoms with van der Waals surface area (Å²) in [5.41, 5.74) is 1.74. The summed E-state index contributed by atoms with van der Waals surface area (Å²) in [5.74, 6) is 0.436. The molecule has 0 bridgehead atoms. The second-order valence-electron chi connectivity index (χ2n) is 7.38. The van der Waals surface area contributed by atoms with Gasteiger partial charge in [-0.3, -0.25) is 9.59 Å². The first kappa shape index (κ1) is 22.7. The third kappa shape index (κ3) is 6.30. The lowest BCUT2D eigenvalue weighted by Crippen LogP contribution is -2.18. The van der Waals surface area contributed by atoms with Gasteiger partial charge in [-0.05, 0) is 71.8 Å². The van der Waals surface area contributed by atoms with E-state index in [2.05, 4.69) is 26.2 Å². The molecule has 0 aliphatic carbocycles. The van der Waals surface area contributed by atoms with Crippen LogP contribution < -0.4 is 15.4 Å². The summed E-state index contributed by atoms with van der Waals surface area (Å²) in [7, 11) is 1.59. The summed E-state index contributed by atoms with van der Waals surface area (Å²) in [6.07, 6.45) is 2.14. The zero-order valence-corrected chi connectivity index (χ0v) is 18.9. The first-order chi connectivity index (χ1) is 16.1. The smallest absolute Gasteiger partial charge is 0.255 e. The van der Waals surface area contributed by atoms with E-state index in [1.807, 2.05) is 0 Å². The number of rotatable bonds is 9. The van der Waals surface area contributed by atoms with Gasteiger partial charge in [0.05, 0.1) is 25.5 Å². The maximum Gasteiger partial charge on any atom is 0.255 e. The number of thioether (sulfide) groups is 1. The van der Waals surface area contributed by atoms with Gasteiger partial charge in [-0.1, -0.05) is 11.8 Å². The maximum absolute atomic E-state index is 12.4. The van der Waals surface area contributed by atoms with Crippen LogP contribution in [-0.2, 0) is 16.1 Å². The topological polar surface area (TPSA) is 120 Å². The summed E-state index contributed by atoms with van der Waals surface area (Å²) in [6, 6.07) is 13.8. The van der Waals surface area contributed by atoms with E-state index in [0.29, 0.717) is 34.4 Å². The third-order valence-corrected chi connectivity index (χ3v) is 5.97. The van der Waals surface area contributed by atoms with Gasteiger partial charge in [0.15, 0.2) is 0 Å². The second-order valence-corrected chi connectivity index (χ2v) is 8.32. The third-order valence-electron chi connectivity index (χ3n) is 5.01. The molecule has 3 aromatic rings. The summed E-state index contributed by atoms with van der Waals surface area (Å²) in [5, 5.41) is 17.9. The number of aromatic nitrogens is 4. The number of tetrazole rings is 1. The molecule has 2 aromatic carbocycles. The number of carbonyl (C=O) groups is 2. The quantitative estimate of drug-likeness (QED) is 0.460. The van der Waals surface area contributed by atoms with E-state index in [-0.39, 0.29) is 23.7 Å². The Morgan fingerprint density at radius 2 is 1.85 bits per heavy atom. The van der Waals surface area contributed by atoms with Crippen LogP contribution in [0.2, 0.25) is 0 Å². The molecule has 2 N–H and O–H groups in total. The molecule has 2 amide bonds. The highest BCUT2D eigenvalue weighted by molar-refractivity contribution is 7.99. The molecule has 1 aromatic heterocycles. The van der Waals surface area contributed by atoms with Gasteiger partial charge in [0.25, 0.3) is 5.91 Å². The van der Waals surface area contributed by atoms with Gasteiger partial charge in [0.1, 0.15) is 5.75 Å². The Hall–Kier alpha value is -3.44. The number of carbonyl (C=O) groups excluding carboxylic acids is 2. The van der Waals surface area contributed by atoms with E-state index in [1.165, 1.54) is 11.8 Å². The molecule has 1 aliphatic heterocycles. The monoisotopic (exact) mass is 468 g/mol. The lowest BCUT2D eigenvalue weighted by atomic mass is 10.2. The first-order valence-corrected chi connectivity index (χ1v) is 11.4. The van der Waals surface area contributed by atoms with Crippen molar-refractivity contribution < 1.29 is 19.1 Å². The Balaban J connectivity index is 1.26. The zero-order chi connectivity index (χ0) is 23.0. The van der Waals surface area contributed by atoms with Crippen molar-refractivity contribution in [2.24, 2.45) is 0 Å². The van der Waals surface area contributed by atoms with Crippen LogP contribution in [-0.4, -0.2) is 57.6 Å². The van der Waals surface area contributed by atoms with Crippen molar-refractivity contribution in [2.45, 2.75) is 30.6 Å². The standard InChI is InChI=1S/C22H24N6O4S/c1-31-18-10-8-17(9-11-18)24-21(30)15-4-6-16(7-5-15)23-20(29)14-33-22-25-26-27-28(22)13-19-3-2-12-32-19/h4-11,19H,2-3,12-14H2,1H3,(H,23,29)(H,24,30)/t19-/m1/s1. The van der Waals surface area contributed by atoms with Crippen molar-refractivity contribution in [1.29, 1.82) is 0 Å². The molecule has 2 heterocycles. The van der Waals surface area contributed by atoms with E-state index in [4.69, 9.17) is 9.47 Å². The van der Waals surface area contributed by atoms with E-state index in [0.717, 1.165) is 19.4 Å². The predicted molar refractivity (Wildman–Crippen MR) is 124 cm³/mol. The minimum atomic E-state index is -0.244. The molecule has 4 rings (SSSR count). The largest absolute Gasteiger partial charge is 0.497 e. The number of hydrogen-bond acceptors (Lipinski definition) is 8. The number of nitrogens with zero attached hydrogens (tertiary/aromatic N) is 4. The van der Waals surface area contributed by atoms with Crippen LogP contribution in [0.4, 0.5) is 11.4 Å². The molecule has 0 spiro atoms. The fourth-order valence-corrected chi connectivity index (χ4v) is 3.99. The number of hydrogen-bond donors (Lipinski definition) is 2. The number of nitrogens with one attached hydrogen (secondary N) is 2. The van der Waals surface area contributed by atoms with Crippen molar-refractivity contribution in [3.8, 4) is 5.75 Å². The molecule has 1 fully saturated rings. The SMILES string of the molecule is COc1ccc(NC(=O)c2ccc(NC(=O)CSc3nnnn3C[C@H]3CCCO3)cc2)cc1. The Morgan fingerprint density at radius 3 is 2.55 bits per heavy atom. The van der Waals surface area contributed by atoms with Crippen LogP contribution in [0, 0.1) is 0 Å². The van der Waals surface area contributed by atoms with Crippen LogP contribution in [0.3, 0.4) is 0 Å². The fourth-order valence-electron chi connectivity index (χ4n) is 3.31. The van der Waals surface area contributed by atoms with Gasteiger partial charge in [-0.25, -0.2) is 4.68 Å². The van der Waals surface area contributed by atoms with Gasteiger partial charge in [0.2, 0.25) is 11.1 Å². The van der Waals surface area contributed by atoms with Gasteiger partial charge < -0.3 is 20.1 Å². The van der Waals surface area contributed by atoms with E-state index in [9.17, 15) is 9.59 Å². The van der Waals surface area contributed by atoms with Crippen molar-refractivity contribution in [2.75, 3.05) is 30.1 Å². The van der Waals surface area contributed by atoms with Gasteiger partial charge in [-0.15, -0.1) is 5.10 Å². The minimum absolute atomic E-state index is 0.113. The number of amides is 2. The second kappa shape index (κ2) is 10.9. The molecule has 1 saturated heterocycles. The van der Waals surface area contributed by atoms with Crippen molar-refractivity contribution >= 4 is 35.0 Å². The van der Waals surface area contributed by atoms with Gasteiger partial charge in [0, 0.05) is 23.5 Å². The lowest BCUT2D eigenvalue weighted by molar-refractivity contribution is -0.113. The number of ether oxygens (including phenoxy) is 2. The zero-order valence-electron chi connectivity index (χ0n) is 18.1. The molecule has 1 atom stereocenters. The predicted octanol–water partition coefficient (Wildman–Crippen LogP) is 2.84. The van der Waals surface area contributed by atoms with Gasteiger partial charge >= 0.3 is 0 Å². The molecule has 172 valence electrons. The molecule has 0 unspecified atom stereocenters.